The van der Waals surface area contributed by atoms with E-state index in [4.69, 9.17) is 4.74 Å². The number of benzene rings is 1. The number of carbonyl (C=O) groups excluding carboxylic acids is 1. The molecule has 16 heavy (non-hydrogen) atoms. The van der Waals surface area contributed by atoms with Crippen molar-refractivity contribution in [1.29, 1.82) is 0 Å². The molecule has 0 N–H and O–H groups in total. The van der Waals surface area contributed by atoms with Crippen LogP contribution in [-0.4, -0.2) is 12.6 Å². The molecule has 3 nitrogen and oxygen atoms in total. The Morgan fingerprint density at radius 3 is 2.38 bits per heavy atom. The topological polar surface area (TPSA) is 49.4 Å². The molecule has 1 aromatic rings. The van der Waals surface area contributed by atoms with Crippen LogP contribution in [0.3, 0.4) is 0 Å². The Bertz CT molecular complexity index is 356. The average Bonchev–Trinajstić information content (AvgIpc) is 2.13. The molecule has 0 bridgehead atoms. The minimum atomic E-state index is -1.21. The molecule has 0 aromatic heterocycles. The van der Waals surface area contributed by atoms with Crippen molar-refractivity contribution >= 4 is 5.97 Å². The number of hydrogen-bond donors (Lipinski definition) is 0. The van der Waals surface area contributed by atoms with E-state index in [-0.39, 0.29) is 56.8 Å². The number of para-hydroxylation sites is 1. The van der Waals surface area contributed by atoms with Crippen molar-refractivity contribution in [2.24, 2.45) is 0 Å². The molecule has 0 spiro atoms. The maximum Gasteiger partial charge on any atom is 1.00 e. The standard InChI is InChI=1S/C12H16O3.K/c1-12(2,3)9-6-4-5-7-10(9)15-8-11(13)14;/h4-7H,8H2,1-3H3,(H,13,14);/q;+1/p-1. The molecule has 0 saturated carbocycles. The van der Waals surface area contributed by atoms with Gasteiger partial charge in [0.05, 0.1) is 5.97 Å². The molecule has 82 valence electrons. The summed E-state index contributed by atoms with van der Waals surface area (Å²) >= 11 is 0. The van der Waals surface area contributed by atoms with Crippen LogP contribution in [0.1, 0.15) is 26.3 Å². The van der Waals surface area contributed by atoms with Gasteiger partial charge in [-0.2, -0.15) is 0 Å². The van der Waals surface area contributed by atoms with Crippen LogP contribution in [0.2, 0.25) is 0 Å². The van der Waals surface area contributed by atoms with Crippen molar-refractivity contribution in [3.8, 4) is 5.75 Å². The van der Waals surface area contributed by atoms with Gasteiger partial charge in [-0.15, -0.1) is 0 Å². The fraction of sp³-hybridized carbons (Fsp3) is 0.417. The Kier molecular flexibility index (Phi) is 6.82. The zero-order chi connectivity index (χ0) is 11.5. The minimum Gasteiger partial charge on any atom is -0.546 e. The minimum absolute atomic E-state index is 0. The zero-order valence-corrected chi connectivity index (χ0v) is 13.4. The van der Waals surface area contributed by atoms with Gasteiger partial charge in [0.25, 0.3) is 0 Å². The number of carboxylic acids is 1. The summed E-state index contributed by atoms with van der Waals surface area (Å²) in [7, 11) is 0. The van der Waals surface area contributed by atoms with Gasteiger partial charge in [-0.3, -0.25) is 0 Å². The third kappa shape index (κ3) is 4.97. The maximum absolute atomic E-state index is 10.3. The molecule has 0 heterocycles. The van der Waals surface area contributed by atoms with E-state index in [1.165, 1.54) is 0 Å². The van der Waals surface area contributed by atoms with E-state index in [0.717, 1.165) is 5.56 Å². The quantitative estimate of drug-likeness (QED) is 0.586. The first-order chi connectivity index (χ1) is 6.91. The van der Waals surface area contributed by atoms with Gasteiger partial charge in [0.1, 0.15) is 12.4 Å². The summed E-state index contributed by atoms with van der Waals surface area (Å²) < 4.78 is 5.16. The fourth-order valence-corrected chi connectivity index (χ4v) is 1.35. The van der Waals surface area contributed by atoms with Crippen molar-refractivity contribution in [3.63, 3.8) is 0 Å². The van der Waals surface area contributed by atoms with Crippen molar-refractivity contribution in [2.75, 3.05) is 6.61 Å². The molecule has 0 atom stereocenters. The van der Waals surface area contributed by atoms with Gasteiger partial charge in [0, 0.05) is 0 Å². The molecule has 0 aliphatic heterocycles. The Morgan fingerprint density at radius 1 is 1.31 bits per heavy atom. The molecular weight excluding hydrogens is 231 g/mol. The summed E-state index contributed by atoms with van der Waals surface area (Å²) in [5.41, 5.74) is 0.925. The van der Waals surface area contributed by atoms with Crippen LogP contribution >= 0.6 is 0 Å². The number of rotatable bonds is 3. The third-order valence-corrected chi connectivity index (χ3v) is 2.04. The van der Waals surface area contributed by atoms with E-state index in [0.29, 0.717) is 5.75 Å². The number of hydrogen-bond acceptors (Lipinski definition) is 3. The first kappa shape index (κ1) is 16.1. The second kappa shape index (κ2) is 6.76. The van der Waals surface area contributed by atoms with E-state index >= 15 is 0 Å². The van der Waals surface area contributed by atoms with Crippen molar-refractivity contribution < 1.29 is 66.0 Å². The Hall–Kier alpha value is 0.126. The Labute approximate surface area is 139 Å². The van der Waals surface area contributed by atoms with Gasteiger partial charge >= 0.3 is 51.4 Å². The predicted octanol–water partition coefficient (Wildman–Crippen LogP) is -1.88. The predicted molar refractivity (Wildman–Crippen MR) is 55.6 cm³/mol. The van der Waals surface area contributed by atoms with Crippen LogP contribution in [0.15, 0.2) is 24.3 Å². The molecule has 0 radical (unpaired) electrons. The maximum atomic E-state index is 10.3. The smallest absolute Gasteiger partial charge is 0.546 e. The van der Waals surface area contributed by atoms with Crippen molar-refractivity contribution in [3.05, 3.63) is 29.8 Å². The van der Waals surface area contributed by atoms with Crippen LogP contribution in [0, 0.1) is 0 Å². The van der Waals surface area contributed by atoms with Gasteiger partial charge in [0.2, 0.25) is 0 Å². The summed E-state index contributed by atoms with van der Waals surface area (Å²) in [5, 5.41) is 10.3. The van der Waals surface area contributed by atoms with E-state index < -0.39 is 12.6 Å². The van der Waals surface area contributed by atoms with Crippen molar-refractivity contribution in [2.45, 2.75) is 26.2 Å². The fourth-order valence-electron chi connectivity index (χ4n) is 1.35. The molecule has 4 heteroatoms. The SMILES string of the molecule is CC(C)(C)c1ccccc1OCC(=O)[O-].[K+]. The van der Waals surface area contributed by atoms with Gasteiger partial charge < -0.3 is 14.6 Å². The van der Waals surface area contributed by atoms with Gasteiger partial charge in [-0.1, -0.05) is 39.0 Å². The molecule has 0 saturated heterocycles. The molecule has 1 aromatic carbocycles. The van der Waals surface area contributed by atoms with E-state index in [1.54, 1.807) is 6.07 Å². The van der Waals surface area contributed by atoms with Gasteiger partial charge in [-0.25, -0.2) is 0 Å². The molecule has 0 aliphatic carbocycles. The van der Waals surface area contributed by atoms with Crippen LogP contribution in [0.5, 0.6) is 5.75 Å². The first-order valence-corrected chi connectivity index (χ1v) is 4.83. The van der Waals surface area contributed by atoms with Crippen molar-refractivity contribution in [1.82, 2.24) is 0 Å². The van der Waals surface area contributed by atoms with E-state index in [1.807, 2.05) is 39.0 Å². The summed E-state index contributed by atoms with van der Waals surface area (Å²) in [4.78, 5) is 10.3. The molecular formula is C12H15KO3. The van der Waals surface area contributed by atoms with Crippen LogP contribution in [-0.2, 0) is 10.2 Å². The number of carboxylic acid groups (broad SMARTS) is 1. The van der Waals surface area contributed by atoms with Gasteiger partial charge in [-0.05, 0) is 17.0 Å². The monoisotopic (exact) mass is 246 g/mol. The summed E-state index contributed by atoms with van der Waals surface area (Å²) in [6.45, 7) is 5.74. The first-order valence-electron chi connectivity index (χ1n) is 4.83. The molecule has 1 rings (SSSR count). The second-order valence-electron chi connectivity index (χ2n) is 4.41. The third-order valence-electron chi connectivity index (χ3n) is 2.04. The molecule has 0 aliphatic rings. The zero-order valence-electron chi connectivity index (χ0n) is 10.2. The molecule has 0 unspecified atom stereocenters. The molecule has 0 fully saturated rings. The molecule has 0 amide bonds. The Morgan fingerprint density at radius 2 is 1.88 bits per heavy atom. The summed E-state index contributed by atoms with van der Waals surface area (Å²) in [5.74, 6) is -0.604. The second-order valence-corrected chi connectivity index (χ2v) is 4.41. The van der Waals surface area contributed by atoms with Gasteiger partial charge in [0.15, 0.2) is 0 Å². The average molecular weight is 246 g/mol. The number of carbonyl (C=O) groups is 1. The van der Waals surface area contributed by atoms with E-state index in [9.17, 15) is 9.90 Å². The summed E-state index contributed by atoms with van der Waals surface area (Å²) in [6, 6.07) is 7.43. The largest absolute Gasteiger partial charge is 1.00 e. The van der Waals surface area contributed by atoms with Crippen LogP contribution in [0.25, 0.3) is 0 Å². The normalized spacial score (nSPS) is 10.4. The Balaban J connectivity index is 0.00000225. The summed E-state index contributed by atoms with van der Waals surface area (Å²) in [6.07, 6.45) is 0. The number of ether oxygens (including phenoxy) is 1. The number of aliphatic carboxylic acids is 1. The van der Waals surface area contributed by atoms with Crippen LogP contribution < -0.4 is 61.2 Å². The van der Waals surface area contributed by atoms with Crippen LogP contribution in [0.4, 0.5) is 0 Å². The van der Waals surface area contributed by atoms with E-state index in [2.05, 4.69) is 0 Å².